The predicted molar refractivity (Wildman–Crippen MR) is 151 cm³/mol. The summed E-state index contributed by atoms with van der Waals surface area (Å²) in [5, 5.41) is 3.34. The van der Waals surface area contributed by atoms with E-state index in [9.17, 15) is 22.8 Å². The number of sulfone groups is 1. The van der Waals surface area contributed by atoms with Gasteiger partial charge in [-0.2, -0.15) is 4.99 Å². The molecule has 3 aromatic rings. The van der Waals surface area contributed by atoms with Crippen LogP contribution in [0.15, 0.2) is 23.2 Å². The molecule has 2 aromatic heterocycles. The third-order valence-corrected chi connectivity index (χ3v) is 10.1. The molecule has 0 bridgehead atoms. The Labute approximate surface area is 238 Å². The molecular weight excluding hydrogens is 586 g/mol. The first kappa shape index (κ1) is 29.4. The molecule has 1 aliphatic carbocycles. The van der Waals surface area contributed by atoms with Gasteiger partial charge in [-0.1, -0.05) is 29.9 Å². The molecule has 1 unspecified atom stereocenters. The Morgan fingerprint density at radius 1 is 1.21 bits per heavy atom. The summed E-state index contributed by atoms with van der Waals surface area (Å²) < 4.78 is 38.1. The van der Waals surface area contributed by atoms with Gasteiger partial charge in [0.15, 0.2) is 14.6 Å². The monoisotopic (exact) mass is 613 g/mol. The minimum atomic E-state index is -4.15. The van der Waals surface area contributed by atoms with Gasteiger partial charge in [0, 0.05) is 23.6 Å². The molecule has 0 saturated carbocycles. The molecular formula is C25H28ClN3O7S3. The number of halogens is 1. The van der Waals surface area contributed by atoms with Gasteiger partial charge in [0.05, 0.1) is 29.5 Å². The van der Waals surface area contributed by atoms with Crippen molar-refractivity contribution in [2.45, 2.75) is 32.7 Å². The number of aromatic nitrogens is 1. The maximum atomic E-state index is 12.7. The topological polar surface area (TPSA) is 133 Å². The van der Waals surface area contributed by atoms with Crippen molar-refractivity contribution < 1.29 is 32.3 Å². The number of fused-ring (bicyclic) bond motifs is 2. The van der Waals surface area contributed by atoms with Crippen LogP contribution in [0.3, 0.4) is 0 Å². The third kappa shape index (κ3) is 6.95. The molecule has 14 heteroatoms. The number of thiophene rings is 1. The normalized spacial score (nSPS) is 15.8. The molecule has 4 rings (SSSR count). The highest BCUT2D eigenvalue weighted by molar-refractivity contribution is 7.92. The molecule has 0 spiro atoms. The van der Waals surface area contributed by atoms with Crippen LogP contribution >= 0.6 is 34.3 Å². The second kappa shape index (κ2) is 12.3. The maximum absolute atomic E-state index is 12.7. The summed E-state index contributed by atoms with van der Waals surface area (Å²) in [6.45, 7) is 2.86. The zero-order valence-electron chi connectivity index (χ0n) is 21.6. The van der Waals surface area contributed by atoms with Crippen LogP contribution in [0, 0.1) is 5.92 Å². The smallest absolute Gasteiger partial charge is 0.341 e. The summed E-state index contributed by atoms with van der Waals surface area (Å²) in [5.74, 6) is -3.76. The van der Waals surface area contributed by atoms with E-state index in [-0.39, 0.29) is 10.6 Å². The lowest BCUT2D eigenvalue weighted by atomic mass is 9.88. The zero-order chi connectivity index (χ0) is 28.3. The van der Waals surface area contributed by atoms with Gasteiger partial charge in [-0.3, -0.25) is 9.59 Å². The Morgan fingerprint density at radius 3 is 2.69 bits per heavy atom. The molecule has 210 valence electrons. The van der Waals surface area contributed by atoms with Crippen molar-refractivity contribution in [3.8, 4) is 0 Å². The fraction of sp³-hybridized carbons (Fsp3) is 0.440. The van der Waals surface area contributed by atoms with E-state index in [0.717, 1.165) is 33.5 Å². The molecule has 0 aliphatic heterocycles. The lowest BCUT2D eigenvalue weighted by Crippen LogP contribution is -2.28. The number of nitrogens with one attached hydrogen (secondary N) is 1. The number of esters is 1. The number of rotatable bonds is 9. The van der Waals surface area contributed by atoms with Crippen LogP contribution < -0.4 is 10.1 Å². The van der Waals surface area contributed by atoms with Crippen LogP contribution in [0.25, 0.3) is 10.2 Å². The SMILES string of the molecule is COCCn1c(=NC(=O)CS(=O)(=O)CC(=O)Nc2sc3c(c2C(=O)OC)CCC(C)C3)sc2cc(Cl)ccc21. The largest absolute Gasteiger partial charge is 0.465 e. The molecule has 0 radical (unpaired) electrons. The first-order valence-electron chi connectivity index (χ1n) is 12.1. The molecule has 2 amide bonds. The Bertz CT molecular complexity index is 1600. The summed E-state index contributed by atoms with van der Waals surface area (Å²) in [6.07, 6.45) is 2.35. The molecule has 1 aliphatic rings. The number of carbonyl (C=O) groups excluding carboxylic acids is 3. The fourth-order valence-electron chi connectivity index (χ4n) is 4.43. The summed E-state index contributed by atoms with van der Waals surface area (Å²) in [6, 6.07) is 5.24. The van der Waals surface area contributed by atoms with Crippen LogP contribution in [-0.2, 0) is 48.3 Å². The van der Waals surface area contributed by atoms with Gasteiger partial charge in [0.1, 0.15) is 16.5 Å². The number of carbonyl (C=O) groups is 3. The van der Waals surface area contributed by atoms with Crippen molar-refractivity contribution in [1.29, 1.82) is 0 Å². The molecule has 39 heavy (non-hydrogen) atoms. The van der Waals surface area contributed by atoms with Gasteiger partial charge in [-0.15, -0.1) is 11.3 Å². The van der Waals surface area contributed by atoms with Crippen molar-refractivity contribution >= 4 is 77.1 Å². The van der Waals surface area contributed by atoms with E-state index in [1.807, 2.05) is 0 Å². The first-order valence-corrected chi connectivity index (χ1v) is 15.9. The zero-order valence-corrected chi connectivity index (χ0v) is 24.8. The molecule has 1 N–H and O–H groups in total. The van der Waals surface area contributed by atoms with Crippen LogP contribution in [0.4, 0.5) is 5.00 Å². The lowest BCUT2D eigenvalue weighted by Gasteiger charge is -2.18. The summed E-state index contributed by atoms with van der Waals surface area (Å²) in [4.78, 5) is 43.2. The van der Waals surface area contributed by atoms with Crippen LogP contribution in [-0.4, -0.2) is 63.1 Å². The van der Waals surface area contributed by atoms with Crippen molar-refractivity contribution in [3.63, 3.8) is 0 Å². The highest BCUT2D eigenvalue weighted by Crippen LogP contribution is 2.40. The van der Waals surface area contributed by atoms with Crippen LogP contribution in [0.5, 0.6) is 0 Å². The molecule has 2 heterocycles. The molecule has 0 saturated heterocycles. The van der Waals surface area contributed by atoms with Gasteiger partial charge in [-0.25, -0.2) is 13.2 Å². The molecule has 1 aromatic carbocycles. The average molecular weight is 614 g/mol. The summed E-state index contributed by atoms with van der Waals surface area (Å²) in [5.41, 5.74) is 1.89. The number of hydrogen-bond acceptors (Lipinski definition) is 9. The number of ether oxygens (including phenoxy) is 2. The lowest BCUT2D eigenvalue weighted by molar-refractivity contribution is -0.115. The minimum absolute atomic E-state index is 0.264. The second-order valence-corrected chi connectivity index (χ2v) is 13.9. The van der Waals surface area contributed by atoms with Crippen LogP contribution in [0.1, 0.15) is 34.1 Å². The van der Waals surface area contributed by atoms with Gasteiger partial charge in [0.2, 0.25) is 5.91 Å². The Hall–Kier alpha value is -2.58. The van der Waals surface area contributed by atoms with E-state index in [4.69, 9.17) is 21.1 Å². The summed E-state index contributed by atoms with van der Waals surface area (Å²) in [7, 11) is -1.35. The third-order valence-electron chi connectivity index (χ3n) is 6.23. The number of thiazole rings is 1. The van der Waals surface area contributed by atoms with E-state index in [2.05, 4.69) is 17.2 Å². The molecule has 1 atom stereocenters. The van der Waals surface area contributed by atoms with Crippen LogP contribution in [0.2, 0.25) is 5.02 Å². The number of anilines is 1. The molecule has 0 fully saturated rings. The van der Waals surface area contributed by atoms with E-state index in [1.54, 1.807) is 29.9 Å². The standard InChI is InChI=1S/C25H28ClN3O7S3/c1-14-4-6-16-18(10-14)37-23(22(16)24(32)36-3)27-20(30)12-39(33,34)13-21(31)28-25-29(8-9-35-2)17-7-5-15(26)11-19(17)38-25/h5,7,11,14H,4,6,8-10,12-13H2,1-3H3,(H,27,30). The van der Waals surface area contributed by atoms with Gasteiger partial charge in [0.25, 0.3) is 5.91 Å². The van der Waals surface area contributed by atoms with E-state index in [1.165, 1.54) is 29.8 Å². The van der Waals surface area contributed by atoms with Gasteiger partial charge < -0.3 is 19.4 Å². The Kier molecular flexibility index (Phi) is 9.27. The van der Waals surface area contributed by atoms with E-state index < -0.39 is 39.1 Å². The maximum Gasteiger partial charge on any atom is 0.341 e. The quantitative estimate of drug-likeness (QED) is 0.365. The fourth-order valence-corrected chi connectivity index (χ4v) is 8.21. The van der Waals surface area contributed by atoms with Crippen molar-refractivity contribution in [2.24, 2.45) is 10.9 Å². The number of benzene rings is 1. The minimum Gasteiger partial charge on any atom is -0.465 e. The Balaban J connectivity index is 1.51. The molecule has 10 nitrogen and oxygen atoms in total. The van der Waals surface area contributed by atoms with E-state index in [0.29, 0.717) is 35.3 Å². The highest BCUT2D eigenvalue weighted by atomic mass is 35.5. The van der Waals surface area contributed by atoms with E-state index >= 15 is 0 Å². The van der Waals surface area contributed by atoms with Gasteiger partial charge >= 0.3 is 5.97 Å². The first-order chi connectivity index (χ1) is 18.5. The van der Waals surface area contributed by atoms with Crippen molar-refractivity contribution in [3.05, 3.63) is 44.0 Å². The summed E-state index contributed by atoms with van der Waals surface area (Å²) >= 11 is 8.54. The number of hydrogen-bond donors (Lipinski definition) is 1. The number of amides is 2. The second-order valence-electron chi connectivity index (χ2n) is 9.27. The average Bonchev–Trinajstić information content (AvgIpc) is 3.36. The van der Waals surface area contributed by atoms with Gasteiger partial charge in [-0.05, 0) is 48.9 Å². The van der Waals surface area contributed by atoms with Crippen molar-refractivity contribution in [1.82, 2.24) is 4.57 Å². The number of methoxy groups -OCH3 is 2. The number of nitrogens with zero attached hydrogens (tertiary/aromatic N) is 2. The highest BCUT2D eigenvalue weighted by Gasteiger charge is 2.30. The predicted octanol–water partition coefficient (Wildman–Crippen LogP) is 3.46. The Morgan fingerprint density at radius 2 is 1.97 bits per heavy atom. The van der Waals surface area contributed by atoms with Crippen molar-refractivity contribution in [2.75, 3.05) is 37.6 Å².